The Balaban J connectivity index is 2.28. The molecule has 0 amide bonds. The van der Waals surface area contributed by atoms with E-state index in [-0.39, 0.29) is 0 Å². The lowest BCUT2D eigenvalue weighted by atomic mass is 10.3. The number of hydrogen-bond acceptors (Lipinski definition) is 3. The molecule has 2 aromatic heterocycles. The third-order valence-electron chi connectivity index (χ3n) is 2.37. The fourth-order valence-electron chi connectivity index (χ4n) is 1.45. The zero-order chi connectivity index (χ0) is 11.0. The third kappa shape index (κ3) is 1.92. The minimum Gasteiger partial charge on any atom is -0.452 e. The third-order valence-corrected chi connectivity index (χ3v) is 2.80. The van der Waals surface area contributed by atoms with Crippen LogP contribution in [0.3, 0.4) is 0 Å². The van der Waals surface area contributed by atoms with Crippen molar-refractivity contribution in [2.24, 2.45) is 0 Å². The lowest BCUT2D eigenvalue weighted by molar-refractivity contribution is 0.459. The van der Waals surface area contributed by atoms with Gasteiger partial charge in [0.25, 0.3) is 0 Å². The van der Waals surface area contributed by atoms with Gasteiger partial charge in [0, 0.05) is 0 Å². The van der Waals surface area contributed by atoms with Crippen LogP contribution in [0.2, 0.25) is 0 Å². The van der Waals surface area contributed by atoms with E-state index in [9.17, 15) is 0 Å². The lowest BCUT2D eigenvalue weighted by Crippen LogP contribution is -2.03. The number of aryl methyl sites for hydroxylation is 1. The lowest BCUT2D eigenvalue weighted by Gasteiger charge is -2.01. The first kappa shape index (κ1) is 10.3. The SMILES string of the molecule is Cc1nn(Cc2ccc(Br)o2)c(C)c1N. The van der Waals surface area contributed by atoms with Crippen molar-refractivity contribution >= 4 is 21.6 Å². The number of nitrogen functional groups attached to an aromatic ring is 1. The molecule has 0 aliphatic rings. The summed E-state index contributed by atoms with van der Waals surface area (Å²) < 4.78 is 7.98. The van der Waals surface area contributed by atoms with E-state index in [2.05, 4.69) is 21.0 Å². The molecule has 2 aromatic rings. The smallest absolute Gasteiger partial charge is 0.169 e. The maximum absolute atomic E-state index is 5.84. The molecule has 0 saturated carbocycles. The van der Waals surface area contributed by atoms with Gasteiger partial charge in [-0.3, -0.25) is 4.68 Å². The van der Waals surface area contributed by atoms with E-state index in [1.807, 2.05) is 30.7 Å². The summed E-state index contributed by atoms with van der Waals surface area (Å²) in [6.45, 7) is 4.46. The van der Waals surface area contributed by atoms with E-state index in [1.54, 1.807) is 0 Å². The molecule has 0 aromatic carbocycles. The van der Waals surface area contributed by atoms with Crippen molar-refractivity contribution in [1.29, 1.82) is 0 Å². The molecule has 0 fully saturated rings. The highest BCUT2D eigenvalue weighted by Crippen LogP contribution is 2.19. The maximum Gasteiger partial charge on any atom is 0.169 e. The number of nitrogens with two attached hydrogens (primary N) is 1. The van der Waals surface area contributed by atoms with Gasteiger partial charge in [0.15, 0.2) is 4.67 Å². The van der Waals surface area contributed by atoms with Crippen LogP contribution in [-0.2, 0) is 6.54 Å². The van der Waals surface area contributed by atoms with Crippen molar-refractivity contribution in [3.05, 3.63) is 34.0 Å². The van der Waals surface area contributed by atoms with Crippen LogP contribution in [0.15, 0.2) is 21.2 Å². The van der Waals surface area contributed by atoms with Crippen molar-refractivity contribution in [2.45, 2.75) is 20.4 Å². The first-order valence-corrected chi connectivity index (χ1v) is 5.41. The zero-order valence-corrected chi connectivity index (χ0v) is 10.2. The predicted molar refractivity (Wildman–Crippen MR) is 61.6 cm³/mol. The number of aromatic nitrogens is 2. The quantitative estimate of drug-likeness (QED) is 0.912. The van der Waals surface area contributed by atoms with Gasteiger partial charge in [-0.2, -0.15) is 5.10 Å². The molecule has 80 valence electrons. The molecule has 0 atom stereocenters. The molecule has 0 saturated heterocycles. The Morgan fingerprint density at radius 3 is 2.67 bits per heavy atom. The average Bonchev–Trinajstić information content (AvgIpc) is 2.68. The van der Waals surface area contributed by atoms with E-state index in [0.29, 0.717) is 6.54 Å². The standard InChI is InChI=1S/C10H12BrN3O/c1-6-10(12)7(2)14(13-6)5-8-3-4-9(11)15-8/h3-4H,5,12H2,1-2H3. The Morgan fingerprint density at radius 1 is 1.47 bits per heavy atom. The van der Waals surface area contributed by atoms with Gasteiger partial charge in [-0.25, -0.2) is 0 Å². The van der Waals surface area contributed by atoms with Gasteiger partial charge in [0.2, 0.25) is 0 Å². The van der Waals surface area contributed by atoms with Crippen LogP contribution in [0.25, 0.3) is 0 Å². The van der Waals surface area contributed by atoms with Crippen LogP contribution < -0.4 is 5.73 Å². The highest BCUT2D eigenvalue weighted by Gasteiger charge is 2.09. The summed E-state index contributed by atoms with van der Waals surface area (Å²) in [6.07, 6.45) is 0. The molecule has 2 N–H and O–H groups in total. The van der Waals surface area contributed by atoms with Gasteiger partial charge in [-0.15, -0.1) is 0 Å². The summed E-state index contributed by atoms with van der Waals surface area (Å²) in [5.74, 6) is 0.854. The maximum atomic E-state index is 5.84. The molecule has 2 rings (SSSR count). The molecule has 0 spiro atoms. The fraction of sp³-hybridized carbons (Fsp3) is 0.300. The number of halogens is 1. The van der Waals surface area contributed by atoms with Crippen LogP contribution in [0.5, 0.6) is 0 Å². The van der Waals surface area contributed by atoms with Crippen molar-refractivity contribution in [3.63, 3.8) is 0 Å². The first-order chi connectivity index (χ1) is 7.08. The minimum absolute atomic E-state index is 0.607. The van der Waals surface area contributed by atoms with E-state index in [0.717, 1.165) is 27.5 Å². The van der Waals surface area contributed by atoms with Crippen LogP contribution >= 0.6 is 15.9 Å². The van der Waals surface area contributed by atoms with E-state index in [4.69, 9.17) is 10.2 Å². The molecule has 0 unspecified atom stereocenters. The molecule has 0 aliphatic carbocycles. The second-order valence-corrected chi connectivity index (χ2v) is 4.23. The highest BCUT2D eigenvalue weighted by molar-refractivity contribution is 9.10. The number of hydrogen-bond donors (Lipinski definition) is 1. The van der Waals surface area contributed by atoms with Gasteiger partial charge < -0.3 is 10.2 Å². The van der Waals surface area contributed by atoms with Gasteiger partial charge in [0.05, 0.1) is 23.6 Å². The van der Waals surface area contributed by atoms with Gasteiger partial charge >= 0.3 is 0 Å². The molecule has 15 heavy (non-hydrogen) atoms. The second kappa shape index (κ2) is 3.73. The molecule has 2 heterocycles. The largest absolute Gasteiger partial charge is 0.452 e. The molecule has 0 bridgehead atoms. The average molecular weight is 270 g/mol. The topological polar surface area (TPSA) is 57.0 Å². The number of anilines is 1. The summed E-state index contributed by atoms with van der Waals surface area (Å²) in [5.41, 5.74) is 8.42. The number of nitrogens with zero attached hydrogens (tertiary/aromatic N) is 2. The van der Waals surface area contributed by atoms with Crippen molar-refractivity contribution in [3.8, 4) is 0 Å². The Labute approximate surface area is 96.2 Å². The predicted octanol–water partition coefficient (Wildman–Crippen LogP) is 2.49. The summed E-state index contributed by atoms with van der Waals surface area (Å²) in [6, 6.07) is 3.78. The molecular formula is C10H12BrN3O. The summed E-state index contributed by atoms with van der Waals surface area (Å²) >= 11 is 3.26. The monoisotopic (exact) mass is 269 g/mol. The second-order valence-electron chi connectivity index (χ2n) is 3.45. The molecular weight excluding hydrogens is 258 g/mol. The minimum atomic E-state index is 0.607. The van der Waals surface area contributed by atoms with Crippen molar-refractivity contribution in [1.82, 2.24) is 9.78 Å². The van der Waals surface area contributed by atoms with E-state index in [1.165, 1.54) is 0 Å². The molecule has 0 radical (unpaired) electrons. The van der Waals surface area contributed by atoms with Gasteiger partial charge in [-0.1, -0.05) is 0 Å². The first-order valence-electron chi connectivity index (χ1n) is 4.61. The summed E-state index contributed by atoms with van der Waals surface area (Å²) in [7, 11) is 0. The van der Waals surface area contributed by atoms with Gasteiger partial charge in [0.1, 0.15) is 5.76 Å². The Bertz CT molecular complexity index is 487. The molecule has 5 heteroatoms. The van der Waals surface area contributed by atoms with Crippen LogP contribution in [0, 0.1) is 13.8 Å². The van der Waals surface area contributed by atoms with Crippen LogP contribution in [-0.4, -0.2) is 9.78 Å². The normalized spacial score (nSPS) is 10.9. The van der Waals surface area contributed by atoms with Crippen LogP contribution in [0.1, 0.15) is 17.1 Å². The van der Waals surface area contributed by atoms with E-state index < -0.39 is 0 Å². The van der Waals surface area contributed by atoms with Crippen molar-refractivity contribution < 1.29 is 4.42 Å². The van der Waals surface area contributed by atoms with Crippen molar-refractivity contribution in [2.75, 3.05) is 5.73 Å². The highest BCUT2D eigenvalue weighted by atomic mass is 79.9. The number of rotatable bonds is 2. The Morgan fingerprint density at radius 2 is 2.20 bits per heavy atom. The van der Waals surface area contributed by atoms with E-state index >= 15 is 0 Å². The van der Waals surface area contributed by atoms with Crippen LogP contribution in [0.4, 0.5) is 5.69 Å². The summed E-state index contributed by atoms with van der Waals surface area (Å²) in [4.78, 5) is 0. The fourth-order valence-corrected chi connectivity index (χ4v) is 1.79. The Hall–Kier alpha value is -1.23. The Kier molecular flexibility index (Phi) is 2.56. The summed E-state index contributed by atoms with van der Waals surface area (Å²) in [5, 5.41) is 4.33. The molecule has 0 aliphatic heterocycles. The molecule has 4 nitrogen and oxygen atoms in total. The zero-order valence-electron chi connectivity index (χ0n) is 8.62. The van der Waals surface area contributed by atoms with Gasteiger partial charge in [-0.05, 0) is 41.9 Å². The number of furan rings is 1.